The van der Waals surface area contributed by atoms with Gasteiger partial charge in [-0.1, -0.05) is 30.0 Å². The molecule has 0 N–H and O–H groups in total. The molecular weight excluding hydrogens is 328 g/mol. The highest BCUT2D eigenvalue weighted by Gasteiger charge is 2.19. The highest BCUT2D eigenvalue weighted by molar-refractivity contribution is 8.00. The SMILES string of the molecule is Cc1cc(Sc2ccccc2)c(S(C)(=O)=O)cc1C(=O)Cl. The number of benzene rings is 2. The number of sulfone groups is 1. The van der Waals surface area contributed by atoms with Crippen LogP contribution in [0.25, 0.3) is 0 Å². The zero-order valence-corrected chi connectivity index (χ0v) is 13.8. The summed E-state index contributed by atoms with van der Waals surface area (Å²) in [6.07, 6.45) is 1.12. The minimum absolute atomic E-state index is 0.117. The van der Waals surface area contributed by atoms with Crippen LogP contribution in [0.4, 0.5) is 0 Å². The summed E-state index contributed by atoms with van der Waals surface area (Å²) >= 11 is 6.84. The van der Waals surface area contributed by atoms with Crippen molar-refractivity contribution in [2.75, 3.05) is 6.26 Å². The van der Waals surface area contributed by atoms with E-state index in [1.54, 1.807) is 13.0 Å². The first-order valence-electron chi connectivity index (χ1n) is 6.06. The Morgan fingerprint density at radius 2 is 1.76 bits per heavy atom. The third-order valence-corrected chi connectivity index (χ3v) is 5.41. The number of carbonyl (C=O) groups is 1. The van der Waals surface area contributed by atoms with E-state index in [4.69, 9.17) is 11.6 Å². The molecule has 0 saturated carbocycles. The molecule has 0 fully saturated rings. The number of hydrogen-bond acceptors (Lipinski definition) is 4. The lowest BCUT2D eigenvalue weighted by atomic mass is 10.1. The summed E-state index contributed by atoms with van der Waals surface area (Å²) in [5.74, 6) is 0. The Kier molecular flexibility index (Phi) is 4.76. The maximum Gasteiger partial charge on any atom is 0.252 e. The molecule has 0 aliphatic rings. The van der Waals surface area contributed by atoms with Gasteiger partial charge in [-0.05, 0) is 48.4 Å². The lowest BCUT2D eigenvalue weighted by molar-refractivity contribution is 0.108. The van der Waals surface area contributed by atoms with Crippen molar-refractivity contribution in [3.05, 3.63) is 53.6 Å². The van der Waals surface area contributed by atoms with E-state index < -0.39 is 15.1 Å². The molecule has 0 bridgehead atoms. The van der Waals surface area contributed by atoms with Crippen LogP contribution in [-0.4, -0.2) is 19.9 Å². The Labute approximate surface area is 133 Å². The van der Waals surface area contributed by atoms with Gasteiger partial charge in [0, 0.05) is 21.6 Å². The summed E-state index contributed by atoms with van der Waals surface area (Å²) in [7, 11) is -3.46. The first kappa shape index (κ1) is 16.1. The molecule has 0 saturated heterocycles. The molecule has 2 aromatic carbocycles. The quantitative estimate of drug-likeness (QED) is 0.791. The standard InChI is InChI=1S/C15H13ClO3S2/c1-10-8-13(20-11-6-4-3-5-7-11)14(21(2,18)19)9-12(10)15(16)17/h3-9H,1-2H3. The molecule has 0 spiro atoms. The van der Waals surface area contributed by atoms with Crippen LogP contribution in [0, 0.1) is 6.92 Å². The van der Waals surface area contributed by atoms with Crippen molar-refractivity contribution in [1.82, 2.24) is 0 Å². The van der Waals surface area contributed by atoms with E-state index in [1.807, 2.05) is 30.3 Å². The van der Waals surface area contributed by atoms with E-state index in [2.05, 4.69) is 0 Å². The fourth-order valence-corrected chi connectivity index (χ4v) is 4.34. The molecule has 0 amide bonds. The third kappa shape index (κ3) is 3.87. The summed E-state index contributed by atoms with van der Waals surface area (Å²) in [5.41, 5.74) is 0.871. The van der Waals surface area contributed by atoms with Crippen LogP contribution in [0.2, 0.25) is 0 Å². The van der Waals surface area contributed by atoms with Crippen LogP contribution in [0.5, 0.6) is 0 Å². The van der Waals surface area contributed by atoms with E-state index in [0.717, 1.165) is 11.2 Å². The molecule has 21 heavy (non-hydrogen) atoms. The van der Waals surface area contributed by atoms with Gasteiger partial charge >= 0.3 is 0 Å². The van der Waals surface area contributed by atoms with Gasteiger partial charge in [0.05, 0.1) is 4.90 Å². The molecule has 0 aromatic heterocycles. The van der Waals surface area contributed by atoms with Crippen LogP contribution in [0.1, 0.15) is 15.9 Å². The van der Waals surface area contributed by atoms with Gasteiger partial charge in [0.1, 0.15) is 0 Å². The Hall–Kier alpha value is -1.30. The van der Waals surface area contributed by atoms with Crippen LogP contribution >= 0.6 is 23.4 Å². The molecule has 3 nitrogen and oxygen atoms in total. The molecule has 0 aliphatic carbocycles. The summed E-state index contributed by atoms with van der Waals surface area (Å²) < 4.78 is 23.9. The summed E-state index contributed by atoms with van der Waals surface area (Å²) in [6, 6.07) is 12.5. The van der Waals surface area contributed by atoms with Crippen molar-refractivity contribution in [3.8, 4) is 0 Å². The number of halogens is 1. The zero-order valence-electron chi connectivity index (χ0n) is 11.5. The lowest BCUT2D eigenvalue weighted by Crippen LogP contribution is -2.04. The monoisotopic (exact) mass is 340 g/mol. The van der Waals surface area contributed by atoms with Crippen molar-refractivity contribution in [1.29, 1.82) is 0 Å². The number of carbonyl (C=O) groups excluding carboxylic acids is 1. The van der Waals surface area contributed by atoms with Crippen molar-refractivity contribution in [2.24, 2.45) is 0 Å². The van der Waals surface area contributed by atoms with Crippen molar-refractivity contribution in [3.63, 3.8) is 0 Å². The molecule has 110 valence electrons. The topological polar surface area (TPSA) is 51.2 Å². The number of rotatable bonds is 4. The Bertz CT molecular complexity index is 784. The predicted octanol–water partition coefficient (Wildman–Crippen LogP) is 3.93. The van der Waals surface area contributed by atoms with E-state index in [1.165, 1.54) is 17.8 Å². The molecule has 6 heteroatoms. The van der Waals surface area contributed by atoms with Gasteiger partial charge in [0.2, 0.25) is 0 Å². The molecular formula is C15H13ClO3S2. The predicted molar refractivity (Wildman–Crippen MR) is 85.0 cm³/mol. The van der Waals surface area contributed by atoms with Gasteiger partial charge in [0.15, 0.2) is 9.84 Å². The van der Waals surface area contributed by atoms with Crippen molar-refractivity contribution < 1.29 is 13.2 Å². The highest BCUT2D eigenvalue weighted by Crippen LogP contribution is 2.35. The van der Waals surface area contributed by atoms with Gasteiger partial charge < -0.3 is 0 Å². The van der Waals surface area contributed by atoms with Gasteiger partial charge in [-0.3, -0.25) is 4.79 Å². The highest BCUT2D eigenvalue weighted by atomic mass is 35.5. The summed E-state index contributed by atoms with van der Waals surface area (Å²) in [6.45, 7) is 1.73. The van der Waals surface area contributed by atoms with E-state index >= 15 is 0 Å². The number of hydrogen-bond donors (Lipinski definition) is 0. The largest absolute Gasteiger partial charge is 0.276 e. The van der Waals surface area contributed by atoms with E-state index in [-0.39, 0.29) is 10.5 Å². The Balaban J connectivity index is 2.59. The Morgan fingerprint density at radius 3 is 2.29 bits per heavy atom. The fourth-order valence-electron chi connectivity index (χ4n) is 1.86. The number of aryl methyl sites for hydroxylation is 1. The van der Waals surface area contributed by atoms with Gasteiger partial charge in [0.25, 0.3) is 5.24 Å². The lowest BCUT2D eigenvalue weighted by Gasteiger charge is -2.11. The maximum absolute atomic E-state index is 12.0. The molecule has 0 aliphatic heterocycles. The second-order valence-corrected chi connectivity index (χ2v) is 8.02. The zero-order chi connectivity index (χ0) is 15.6. The third-order valence-electron chi connectivity index (χ3n) is 2.87. The minimum Gasteiger partial charge on any atom is -0.276 e. The second kappa shape index (κ2) is 6.22. The second-order valence-electron chi connectivity index (χ2n) is 4.57. The summed E-state index contributed by atoms with van der Waals surface area (Å²) in [5, 5.41) is -0.659. The normalized spacial score (nSPS) is 11.4. The summed E-state index contributed by atoms with van der Waals surface area (Å²) in [4.78, 5) is 13.0. The van der Waals surface area contributed by atoms with Gasteiger partial charge in [-0.15, -0.1) is 0 Å². The average Bonchev–Trinajstić information content (AvgIpc) is 2.38. The van der Waals surface area contributed by atoms with Crippen LogP contribution in [0.15, 0.2) is 57.2 Å². The van der Waals surface area contributed by atoms with Crippen molar-refractivity contribution in [2.45, 2.75) is 21.6 Å². The van der Waals surface area contributed by atoms with Crippen LogP contribution in [-0.2, 0) is 9.84 Å². The molecule has 0 atom stereocenters. The Morgan fingerprint density at radius 1 is 1.14 bits per heavy atom. The smallest absolute Gasteiger partial charge is 0.252 e. The average molecular weight is 341 g/mol. The van der Waals surface area contributed by atoms with Crippen molar-refractivity contribution >= 4 is 38.4 Å². The maximum atomic E-state index is 12.0. The van der Waals surface area contributed by atoms with Gasteiger partial charge in [-0.25, -0.2) is 8.42 Å². The van der Waals surface area contributed by atoms with E-state index in [0.29, 0.717) is 10.5 Å². The molecule has 0 heterocycles. The molecule has 2 aromatic rings. The molecule has 0 unspecified atom stereocenters. The van der Waals surface area contributed by atoms with E-state index in [9.17, 15) is 13.2 Å². The fraction of sp³-hybridized carbons (Fsp3) is 0.133. The first-order valence-corrected chi connectivity index (χ1v) is 9.15. The first-order chi connectivity index (χ1) is 9.79. The molecule has 0 radical (unpaired) electrons. The molecule has 2 rings (SSSR count). The van der Waals surface area contributed by atoms with Crippen LogP contribution < -0.4 is 0 Å². The van der Waals surface area contributed by atoms with Crippen LogP contribution in [0.3, 0.4) is 0 Å². The minimum atomic E-state index is -3.46. The van der Waals surface area contributed by atoms with Gasteiger partial charge in [-0.2, -0.15) is 0 Å².